The molecule has 1 heterocycles. The van der Waals surface area contributed by atoms with E-state index in [1.807, 2.05) is 0 Å². The van der Waals surface area contributed by atoms with Gasteiger partial charge < -0.3 is 15.5 Å². The van der Waals surface area contributed by atoms with Crippen molar-refractivity contribution in [2.45, 2.75) is 6.42 Å². The summed E-state index contributed by atoms with van der Waals surface area (Å²) in [6, 6.07) is 0. The zero-order valence-electron chi connectivity index (χ0n) is 7.47. The van der Waals surface area contributed by atoms with Gasteiger partial charge in [-0.2, -0.15) is 0 Å². The van der Waals surface area contributed by atoms with E-state index in [2.05, 4.69) is 15.3 Å². The molecular formula is C8H11N3O3. The molecule has 0 aliphatic carbocycles. The first-order valence-corrected chi connectivity index (χ1v) is 4.14. The SMILES string of the molecule is O=C(O)c1nccnc1NCCCO. The van der Waals surface area contributed by atoms with Crippen molar-refractivity contribution in [1.29, 1.82) is 0 Å². The van der Waals surface area contributed by atoms with E-state index in [9.17, 15) is 4.79 Å². The van der Waals surface area contributed by atoms with Gasteiger partial charge in [0.25, 0.3) is 0 Å². The van der Waals surface area contributed by atoms with Crippen LogP contribution in [0.25, 0.3) is 0 Å². The number of rotatable bonds is 5. The van der Waals surface area contributed by atoms with Crippen LogP contribution in [0.15, 0.2) is 12.4 Å². The Kier molecular flexibility index (Phi) is 3.81. The molecule has 1 aromatic heterocycles. The van der Waals surface area contributed by atoms with Crippen LogP contribution in [-0.2, 0) is 0 Å². The third-order valence-corrected chi connectivity index (χ3v) is 1.53. The topological polar surface area (TPSA) is 95.3 Å². The number of nitrogens with one attached hydrogen (secondary N) is 1. The molecule has 0 atom stereocenters. The maximum Gasteiger partial charge on any atom is 0.358 e. The summed E-state index contributed by atoms with van der Waals surface area (Å²) < 4.78 is 0. The zero-order chi connectivity index (χ0) is 10.4. The second-order valence-electron chi connectivity index (χ2n) is 2.56. The summed E-state index contributed by atoms with van der Waals surface area (Å²) in [5.74, 6) is -0.891. The number of hydrogen-bond acceptors (Lipinski definition) is 5. The molecule has 0 radical (unpaired) electrons. The van der Waals surface area contributed by atoms with E-state index < -0.39 is 5.97 Å². The predicted octanol–water partition coefficient (Wildman–Crippen LogP) is -0.0309. The molecule has 1 rings (SSSR count). The number of carboxylic acid groups (broad SMARTS) is 1. The van der Waals surface area contributed by atoms with Gasteiger partial charge in [0.1, 0.15) is 0 Å². The van der Waals surface area contributed by atoms with Crippen LogP contribution in [-0.4, -0.2) is 39.3 Å². The highest BCUT2D eigenvalue weighted by molar-refractivity contribution is 5.90. The van der Waals surface area contributed by atoms with Gasteiger partial charge in [-0.3, -0.25) is 0 Å². The number of aliphatic hydroxyl groups is 1. The molecule has 6 heteroatoms. The minimum atomic E-state index is -1.12. The first kappa shape index (κ1) is 10.4. The Hall–Kier alpha value is -1.69. The van der Waals surface area contributed by atoms with Crippen molar-refractivity contribution in [1.82, 2.24) is 9.97 Å². The third kappa shape index (κ3) is 2.67. The molecule has 0 spiro atoms. The smallest absolute Gasteiger partial charge is 0.358 e. The van der Waals surface area contributed by atoms with Crippen LogP contribution in [0.3, 0.4) is 0 Å². The summed E-state index contributed by atoms with van der Waals surface area (Å²) in [5.41, 5.74) is -0.106. The molecule has 0 aromatic carbocycles. The lowest BCUT2D eigenvalue weighted by molar-refractivity contribution is 0.0691. The zero-order valence-corrected chi connectivity index (χ0v) is 7.47. The second-order valence-corrected chi connectivity index (χ2v) is 2.56. The van der Waals surface area contributed by atoms with E-state index in [1.54, 1.807) is 0 Å². The van der Waals surface area contributed by atoms with Crippen molar-refractivity contribution in [3.63, 3.8) is 0 Å². The molecule has 14 heavy (non-hydrogen) atoms. The average Bonchev–Trinajstić information content (AvgIpc) is 2.19. The molecule has 0 unspecified atom stereocenters. The highest BCUT2D eigenvalue weighted by Crippen LogP contribution is 2.07. The van der Waals surface area contributed by atoms with Gasteiger partial charge in [0.05, 0.1) is 0 Å². The fourth-order valence-electron chi connectivity index (χ4n) is 0.910. The first-order valence-electron chi connectivity index (χ1n) is 4.14. The maximum atomic E-state index is 10.7. The molecule has 6 nitrogen and oxygen atoms in total. The van der Waals surface area contributed by atoms with Crippen molar-refractivity contribution < 1.29 is 15.0 Å². The van der Waals surface area contributed by atoms with Crippen LogP contribution in [0.1, 0.15) is 16.9 Å². The van der Waals surface area contributed by atoms with E-state index in [4.69, 9.17) is 10.2 Å². The fraction of sp³-hybridized carbons (Fsp3) is 0.375. The van der Waals surface area contributed by atoms with E-state index in [0.717, 1.165) is 0 Å². The quantitative estimate of drug-likeness (QED) is 0.574. The summed E-state index contributed by atoms with van der Waals surface area (Å²) >= 11 is 0. The largest absolute Gasteiger partial charge is 0.476 e. The number of nitrogens with zero attached hydrogens (tertiary/aromatic N) is 2. The summed E-state index contributed by atoms with van der Waals surface area (Å²) in [6.45, 7) is 0.519. The molecule has 0 saturated carbocycles. The standard InChI is InChI=1S/C8H11N3O3/c12-5-1-2-10-7-6(8(13)14)9-3-4-11-7/h3-4,12H,1-2,5H2,(H,10,11)(H,13,14). The lowest BCUT2D eigenvalue weighted by Gasteiger charge is -2.05. The highest BCUT2D eigenvalue weighted by Gasteiger charge is 2.11. The number of aromatic nitrogens is 2. The molecule has 0 amide bonds. The van der Waals surface area contributed by atoms with Gasteiger partial charge in [-0.05, 0) is 6.42 Å². The van der Waals surface area contributed by atoms with Crippen molar-refractivity contribution in [3.05, 3.63) is 18.1 Å². The van der Waals surface area contributed by atoms with E-state index >= 15 is 0 Å². The van der Waals surface area contributed by atoms with Gasteiger partial charge in [-0.1, -0.05) is 0 Å². The average molecular weight is 197 g/mol. The first-order chi connectivity index (χ1) is 6.75. The minimum Gasteiger partial charge on any atom is -0.476 e. The van der Waals surface area contributed by atoms with Gasteiger partial charge in [0.15, 0.2) is 11.5 Å². The van der Waals surface area contributed by atoms with Crippen LogP contribution >= 0.6 is 0 Å². The number of aliphatic hydroxyl groups excluding tert-OH is 1. The molecule has 0 fully saturated rings. The lowest BCUT2D eigenvalue weighted by Crippen LogP contribution is -2.11. The van der Waals surface area contributed by atoms with Gasteiger partial charge >= 0.3 is 5.97 Å². The number of carboxylic acids is 1. The van der Waals surface area contributed by atoms with Crippen molar-refractivity contribution >= 4 is 11.8 Å². The molecule has 0 bridgehead atoms. The Morgan fingerprint density at radius 2 is 2.14 bits per heavy atom. The van der Waals surface area contributed by atoms with Crippen molar-refractivity contribution in [2.24, 2.45) is 0 Å². The van der Waals surface area contributed by atoms with Gasteiger partial charge in [0.2, 0.25) is 0 Å². The van der Waals surface area contributed by atoms with E-state index in [0.29, 0.717) is 13.0 Å². The van der Waals surface area contributed by atoms with Crippen LogP contribution < -0.4 is 5.32 Å². The van der Waals surface area contributed by atoms with Crippen LogP contribution in [0.2, 0.25) is 0 Å². The third-order valence-electron chi connectivity index (χ3n) is 1.53. The van der Waals surface area contributed by atoms with Gasteiger partial charge in [-0.15, -0.1) is 0 Å². The van der Waals surface area contributed by atoms with Gasteiger partial charge in [-0.25, -0.2) is 14.8 Å². The van der Waals surface area contributed by atoms with Crippen molar-refractivity contribution in [2.75, 3.05) is 18.5 Å². The normalized spacial score (nSPS) is 9.79. The van der Waals surface area contributed by atoms with Crippen LogP contribution in [0, 0.1) is 0 Å². The van der Waals surface area contributed by atoms with E-state index in [-0.39, 0.29) is 18.1 Å². The Morgan fingerprint density at radius 1 is 1.43 bits per heavy atom. The Bertz CT molecular complexity index is 316. The monoisotopic (exact) mass is 197 g/mol. The second kappa shape index (κ2) is 5.13. The Labute approximate surface area is 80.6 Å². The lowest BCUT2D eigenvalue weighted by atomic mass is 10.4. The fourth-order valence-corrected chi connectivity index (χ4v) is 0.910. The molecule has 0 aliphatic rings. The molecule has 76 valence electrons. The number of hydrogen-bond donors (Lipinski definition) is 3. The van der Waals surface area contributed by atoms with E-state index in [1.165, 1.54) is 12.4 Å². The minimum absolute atomic E-state index is 0.0513. The molecule has 3 N–H and O–H groups in total. The number of aromatic carboxylic acids is 1. The molecule has 0 saturated heterocycles. The highest BCUT2D eigenvalue weighted by atomic mass is 16.4. The predicted molar refractivity (Wildman–Crippen MR) is 49.2 cm³/mol. The Morgan fingerprint density at radius 3 is 2.79 bits per heavy atom. The summed E-state index contributed by atoms with van der Waals surface area (Å²) in [4.78, 5) is 18.2. The summed E-state index contributed by atoms with van der Waals surface area (Å²) in [5, 5.41) is 20.0. The number of anilines is 1. The van der Waals surface area contributed by atoms with Crippen LogP contribution in [0.4, 0.5) is 5.82 Å². The van der Waals surface area contributed by atoms with Crippen molar-refractivity contribution in [3.8, 4) is 0 Å². The summed E-state index contributed by atoms with van der Waals surface area (Å²) in [7, 11) is 0. The van der Waals surface area contributed by atoms with Gasteiger partial charge in [0, 0.05) is 25.5 Å². The van der Waals surface area contributed by atoms with Crippen LogP contribution in [0.5, 0.6) is 0 Å². The molecule has 0 aliphatic heterocycles. The summed E-state index contributed by atoms with van der Waals surface area (Å²) in [6.07, 6.45) is 3.27. The maximum absolute atomic E-state index is 10.7. The molecular weight excluding hydrogens is 186 g/mol. The molecule has 1 aromatic rings. The Balaban J connectivity index is 2.69. The number of carbonyl (C=O) groups is 1.